The Hall–Kier alpha value is -6.48. The molecule has 1 aliphatic rings. The fourth-order valence-electron chi connectivity index (χ4n) is 7.96. The molecule has 1 nitrogen and oxygen atoms in total. The maximum Gasteiger partial charge on any atom is 0.0643 e. The lowest BCUT2D eigenvalue weighted by molar-refractivity contribution is 0.660. The molecule has 0 unspecified atom stereocenters. The molecular weight excluding hydrogens is 815 g/mol. The summed E-state index contributed by atoms with van der Waals surface area (Å²) >= 11 is 3.53. The topological polar surface area (TPSA) is 12.4 Å². The van der Waals surface area contributed by atoms with Crippen molar-refractivity contribution >= 4 is 24.4 Å². The van der Waals surface area contributed by atoms with Gasteiger partial charge in [-0.15, -0.1) is 0 Å². The van der Waals surface area contributed by atoms with Crippen LogP contribution < -0.4 is 0 Å². The minimum Gasteiger partial charge on any atom is -0.285 e. The standard InChI is InChI=1S/C36H31N.C15H14.C7H8.C3H8.C2H6.CH4S/c1-25(31-18-12-20-34-35(31)32-17-10-11-19-33(32)36(34,2)3)37-24-26-21-29(27-13-6-4-7-14-27)23-30(22-26)28-15-8-5-9-16-28;1-3-13-10-9-12(2)15(11-13)14-7-5-4-6-8-14;1-7-5-3-2-4-6-7;1-3-2;2*1-2/h4-23H,24H2,1-3H3;3-11H,1H2,2H3;2-6H,1H3;3H2,1-2H3;1-2H3;2H,1H3. The van der Waals surface area contributed by atoms with Gasteiger partial charge in [-0.05, 0) is 124 Å². The zero-order valence-electron chi connectivity index (χ0n) is 41.1. The van der Waals surface area contributed by atoms with Crippen molar-refractivity contribution in [2.45, 2.75) is 80.7 Å². The van der Waals surface area contributed by atoms with Crippen LogP contribution >= 0.6 is 12.6 Å². The van der Waals surface area contributed by atoms with Gasteiger partial charge in [0.05, 0.1) is 6.54 Å². The van der Waals surface area contributed by atoms with Crippen LogP contribution in [0.1, 0.15) is 93.8 Å². The minimum atomic E-state index is -0.00316. The van der Waals surface area contributed by atoms with Crippen molar-refractivity contribution < 1.29 is 0 Å². The summed E-state index contributed by atoms with van der Waals surface area (Å²) in [5.74, 6) is 0. The number of rotatable bonds is 7. The highest BCUT2D eigenvalue weighted by atomic mass is 32.1. The fraction of sp³-hybridized carbons (Fsp3) is 0.203. The molecule has 0 bridgehead atoms. The van der Waals surface area contributed by atoms with Crippen LogP contribution in [0.4, 0.5) is 0 Å². The molecule has 0 saturated heterocycles. The highest BCUT2D eigenvalue weighted by molar-refractivity contribution is 7.79. The molecule has 0 spiro atoms. The van der Waals surface area contributed by atoms with Crippen LogP contribution in [0.15, 0.2) is 212 Å². The van der Waals surface area contributed by atoms with E-state index in [0.29, 0.717) is 6.54 Å². The lowest BCUT2D eigenvalue weighted by Crippen LogP contribution is -2.15. The van der Waals surface area contributed by atoms with Gasteiger partial charge >= 0.3 is 0 Å². The molecule has 0 atom stereocenters. The summed E-state index contributed by atoms with van der Waals surface area (Å²) in [6.07, 6.45) is 4.83. The van der Waals surface area contributed by atoms with E-state index in [2.05, 4.69) is 244 Å². The van der Waals surface area contributed by atoms with Gasteiger partial charge in [0.1, 0.15) is 0 Å². The van der Waals surface area contributed by atoms with E-state index in [-0.39, 0.29) is 5.41 Å². The van der Waals surface area contributed by atoms with Crippen molar-refractivity contribution in [2.75, 3.05) is 6.26 Å². The number of aliphatic imine (C=N–C) groups is 1. The van der Waals surface area contributed by atoms with Gasteiger partial charge in [-0.3, -0.25) is 4.99 Å². The molecule has 0 aromatic heterocycles. The number of hydrogen-bond acceptors (Lipinski definition) is 2. The van der Waals surface area contributed by atoms with Crippen LogP contribution in [0.2, 0.25) is 0 Å². The SMILES string of the molecule is C=Cc1ccc(C)c(-c2ccccc2)c1.CC.CC(=NCc1cc(-c2ccccc2)cc(-c2ccccc2)c1)c1cccc2c1-c1ccccc1C2(C)C.CCC.CS.Cc1ccccc1. The van der Waals surface area contributed by atoms with E-state index >= 15 is 0 Å². The fourth-order valence-corrected chi connectivity index (χ4v) is 7.96. The van der Waals surface area contributed by atoms with Crippen LogP contribution in [-0.4, -0.2) is 12.0 Å². The Labute approximate surface area is 404 Å². The molecule has 0 N–H and O–H groups in total. The lowest BCUT2D eigenvalue weighted by Gasteiger charge is -2.21. The molecule has 0 aliphatic heterocycles. The van der Waals surface area contributed by atoms with Gasteiger partial charge in [0.25, 0.3) is 0 Å². The number of benzene rings is 8. The molecule has 0 saturated carbocycles. The highest BCUT2D eigenvalue weighted by Gasteiger charge is 2.36. The first-order valence-corrected chi connectivity index (χ1v) is 24.3. The van der Waals surface area contributed by atoms with Crippen molar-refractivity contribution in [1.29, 1.82) is 0 Å². The van der Waals surface area contributed by atoms with E-state index in [1.54, 1.807) is 6.26 Å². The first kappa shape index (κ1) is 52.1. The van der Waals surface area contributed by atoms with Crippen LogP contribution in [0.3, 0.4) is 0 Å². The predicted octanol–water partition coefficient (Wildman–Crippen LogP) is 18.6. The summed E-state index contributed by atoms with van der Waals surface area (Å²) in [6.45, 7) is 23.7. The second-order valence-corrected chi connectivity index (χ2v) is 16.5. The molecule has 8 aromatic carbocycles. The Kier molecular flexibility index (Phi) is 21.4. The summed E-state index contributed by atoms with van der Waals surface area (Å²) in [6, 6.07) is 70.7. The Morgan fingerprint density at radius 1 is 0.530 bits per heavy atom. The van der Waals surface area contributed by atoms with Crippen LogP contribution in [0, 0.1) is 13.8 Å². The Morgan fingerprint density at radius 3 is 1.50 bits per heavy atom. The zero-order valence-corrected chi connectivity index (χ0v) is 42.0. The van der Waals surface area contributed by atoms with Crippen molar-refractivity contribution in [3.05, 3.63) is 246 Å². The third kappa shape index (κ3) is 14.0. The van der Waals surface area contributed by atoms with Crippen molar-refractivity contribution in [2.24, 2.45) is 4.99 Å². The maximum absolute atomic E-state index is 5.15. The number of fused-ring (bicyclic) bond motifs is 3. The molecular formula is C64H71NS. The first-order chi connectivity index (χ1) is 32.1. The van der Waals surface area contributed by atoms with Gasteiger partial charge in [-0.25, -0.2) is 0 Å². The van der Waals surface area contributed by atoms with Gasteiger partial charge in [0.15, 0.2) is 0 Å². The zero-order chi connectivity index (χ0) is 47.9. The molecule has 9 rings (SSSR count). The van der Waals surface area contributed by atoms with Gasteiger partial charge in [-0.1, -0.05) is 242 Å². The van der Waals surface area contributed by atoms with E-state index in [0.717, 1.165) is 5.71 Å². The molecule has 66 heavy (non-hydrogen) atoms. The van der Waals surface area contributed by atoms with E-state index in [1.807, 2.05) is 44.2 Å². The second-order valence-electron chi connectivity index (χ2n) is 16.5. The molecule has 8 aromatic rings. The predicted molar refractivity (Wildman–Crippen MR) is 297 cm³/mol. The lowest BCUT2D eigenvalue weighted by atomic mass is 9.82. The van der Waals surface area contributed by atoms with Crippen LogP contribution in [-0.2, 0) is 12.0 Å². The summed E-state index contributed by atoms with van der Waals surface area (Å²) in [5.41, 5.74) is 20.2. The molecule has 0 fully saturated rings. The third-order valence-electron chi connectivity index (χ3n) is 11.2. The van der Waals surface area contributed by atoms with Gasteiger partial charge in [0, 0.05) is 16.7 Å². The van der Waals surface area contributed by atoms with E-state index in [1.165, 1.54) is 89.9 Å². The number of thiol groups is 1. The van der Waals surface area contributed by atoms with E-state index < -0.39 is 0 Å². The molecule has 0 radical (unpaired) electrons. The average Bonchev–Trinajstić information content (AvgIpc) is 3.62. The minimum absolute atomic E-state index is 0.00316. The Morgan fingerprint density at radius 2 is 1.00 bits per heavy atom. The first-order valence-electron chi connectivity index (χ1n) is 23.4. The summed E-state index contributed by atoms with van der Waals surface area (Å²) in [4.78, 5) is 5.15. The van der Waals surface area contributed by atoms with Crippen molar-refractivity contribution in [1.82, 2.24) is 0 Å². The van der Waals surface area contributed by atoms with Gasteiger partial charge < -0.3 is 0 Å². The average molecular weight is 886 g/mol. The molecule has 2 heteroatoms. The Balaban J connectivity index is 0.000000268. The van der Waals surface area contributed by atoms with Crippen LogP contribution in [0.25, 0.3) is 50.6 Å². The normalized spacial score (nSPS) is 11.3. The van der Waals surface area contributed by atoms with E-state index in [4.69, 9.17) is 4.99 Å². The van der Waals surface area contributed by atoms with Crippen molar-refractivity contribution in [3.63, 3.8) is 0 Å². The van der Waals surface area contributed by atoms with Gasteiger partial charge in [0.2, 0.25) is 0 Å². The smallest absolute Gasteiger partial charge is 0.0643 e. The quantitative estimate of drug-likeness (QED) is 0.121. The third-order valence-corrected chi connectivity index (χ3v) is 11.2. The number of hydrogen-bond donors (Lipinski definition) is 1. The number of aryl methyl sites for hydroxylation is 2. The summed E-state index contributed by atoms with van der Waals surface area (Å²) in [7, 11) is 0. The monoisotopic (exact) mass is 886 g/mol. The molecule has 1 aliphatic carbocycles. The maximum atomic E-state index is 5.15. The summed E-state index contributed by atoms with van der Waals surface area (Å²) in [5, 5.41) is 0. The van der Waals surface area contributed by atoms with E-state index in [9.17, 15) is 0 Å². The van der Waals surface area contributed by atoms with Gasteiger partial charge in [-0.2, -0.15) is 12.6 Å². The highest BCUT2D eigenvalue weighted by Crippen LogP contribution is 2.50. The largest absolute Gasteiger partial charge is 0.285 e. The molecule has 338 valence electrons. The molecule has 0 heterocycles. The van der Waals surface area contributed by atoms with Crippen LogP contribution in [0.5, 0.6) is 0 Å². The Bertz CT molecular complexity index is 2640. The second kappa shape index (κ2) is 27.1. The summed E-state index contributed by atoms with van der Waals surface area (Å²) < 4.78 is 0. The molecule has 0 amide bonds. The van der Waals surface area contributed by atoms with Crippen molar-refractivity contribution in [3.8, 4) is 44.5 Å². The number of nitrogens with zero attached hydrogens (tertiary/aromatic N) is 1.